The highest BCUT2D eigenvalue weighted by Crippen LogP contribution is 2.21. The van der Waals surface area contributed by atoms with Gasteiger partial charge < -0.3 is 10.4 Å². The minimum Gasteiger partial charge on any atom is -0.394 e. The monoisotopic (exact) mass is 313 g/mol. The molecule has 0 bridgehead atoms. The molecule has 0 aromatic heterocycles. The number of hydrogen-bond acceptors (Lipinski definition) is 2. The fourth-order valence-electron chi connectivity index (χ4n) is 1.66. The van der Waals surface area contributed by atoms with Gasteiger partial charge in [0.15, 0.2) is 0 Å². The molecule has 0 radical (unpaired) electrons. The van der Waals surface area contributed by atoms with E-state index >= 15 is 0 Å². The first-order valence-corrected chi connectivity index (χ1v) is 6.81. The molecule has 2 N–H and O–H groups in total. The summed E-state index contributed by atoms with van der Waals surface area (Å²) in [6, 6.07) is 7.97. The van der Waals surface area contributed by atoms with Crippen LogP contribution in [0, 0.1) is 0 Å². The van der Waals surface area contributed by atoms with E-state index in [-0.39, 0.29) is 18.4 Å². The van der Waals surface area contributed by atoms with E-state index in [9.17, 15) is 4.79 Å². The van der Waals surface area contributed by atoms with Crippen molar-refractivity contribution in [2.75, 3.05) is 6.61 Å². The van der Waals surface area contributed by atoms with Gasteiger partial charge in [-0.1, -0.05) is 35.0 Å². The number of benzene rings is 1. The van der Waals surface area contributed by atoms with Gasteiger partial charge in [0.25, 0.3) is 0 Å². The van der Waals surface area contributed by atoms with E-state index < -0.39 is 5.54 Å². The zero-order valence-electron chi connectivity index (χ0n) is 11.0. The van der Waals surface area contributed by atoms with Gasteiger partial charge in [0, 0.05) is 10.9 Å². The van der Waals surface area contributed by atoms with Crippen LogP contribution in [0.15, 0.2) is 28.7 Å². The Bertz CT molecular complexity index is 401. The molecule has 1 atom stereocenters. The smallest absolute Gasteiger partial charge is 0.221 e. The van der Waals surface area contributed by atoms with Crippen LogP contribution in [0.25, 0.3) is 0 Å². The molecule has 18 heavy (non-hydrogen) atoms. The molecule has 0 saturated heterocycles. The lowest BCUT2D eigenvalue weighted by Crippen LogP contribution is -2.46. The summed E-state index contributed by atoms with van der Waals surface area (Å²) in [5, 5.41) is 11.9. The molecule has 1 rings (SSSR count). The highest BCUT2D eigenvalue weighted by molar-refractivity contribution is 9.10. The van der Waals surface area contributed by atoms with Crippen molar-refractivity contribution >= 4 is 21.8 Å². The van der Waals surface area contributed by atoms with Crippen molar-refractivity contribution in [3.8, 4) is 0 Å². The van der Waals surface area contributed by atoms with Gasteiger partial charge in [-0.25, -0.2) is 0 Å². The van der Waals surface area contributed by atoms with Crippen LogP contribution in [0.3, 0.4) is 0 Å². The van der Waals surface area contributed by atoms with Crippen LogP contribution in [-0.2, 0) is 4.79 Å². The molecule has 0 aliphatic heterocycles. The average Bonchev–Trinajstić information content (AvgIpc) is 2.29. The summed E-state index contributed by atoms with van der Waals surface area (Å²) < 4.78 is 1.03. The van der Waals surface area contributed by atoms with Gasteiger partial charge in [-0.3, -0.25) is 4.79 Å². The number of carbonyl (C=O) groups is 1. The fourth-order valence-corrected chi connectivity index (χ4v) is 1.92. The molecule has 0 saturated carbocycles. The molecular weight excluding hydrogens is 294 g/mol. The van der Waals surface area contributed by atoms with Crippen molar-refractivity contribution in [1.82, 2.24) is 5.32 Å². The highest BCUT2D eigenvalue weighted by atomic mass is 79.9. The molecule has 0 aliphatic rings. The lowest BCUT2D eigenvalue weighted by atomic mass is 9.97. The van der Waals surface area contributed by atoms with Crippen molar-refractivity contribution in [3.63, 3.8) is 0 Å². The Kier molecular flexibility index (Phi) is 5.35. The minimum atomic E-state index is -0.559. The van der Waals surface area contributed by atoms with E-state index in [1.807, 2.05) is 31.2 Å². The summed E-state index contributed by atoms with van der Waals surface area (Å²) >= 11 is 3.39. The van der Waals surface area contributed by atoms with Gasteiger partial charge in [0.05, 0.1) is 12.1 Å². The van der Waals surface area contributed by atoms with Gasteiger partial charge >= 0.3 is 0 Å². The van der Waals surface area contributed by atoms with Crippen LogP contribution in [-0.4, -0.2) is 23.2 Å². The van der Waals surface area contributed by atoms with Crippen LogP contribution in [0.1, 0.15) is 38.7 Å². The first-order valence-electron chi connectivity index (χ1n) is 6.01. The van der Waals surface area contributed by atoms with Crippen LogP contribution in [0.4, 0.5) is 0 Å². The maximum atomic E-state index is 11.8. The third-order valence-corrected chi connectivity index (χ3v) is 3.33. The molecule has 0 spiro atoms. The molecule has 1 amide bonds. The normalized spacial score (nSPS) is 13.2. The van der Waals surface area contributed by atoms with E-state index in [1.54, 1.807) is 13.8 Å². The van der Waals surface area contributed by atoms with E-state index in [0.29, 0.717) is 6.42 Å². The molecule has 0 fully saturated rings. The Morgan fingerprint density at radius 2 is 1.94 bits per heavy atom. The van der Waals surface area contributed by atoms with Gasteiger partial charge in [0.1, 0.15) is 0 Å². The van der Waals surface area contributed by atoms with Crippen LogP contribution in [0.5, 0.6) is 0 Å². The summed E-state index contributed by atoms with van der Waals surface area (Å²) in [5.74, 6) is 0.122. The zero-order chi connectivity index (χ0) is 13.8. The second kappa shape index (κ2) is 6.34. The number of amides is 1. The maximum Gasteiger partial charge on any atom is 0.221 e. The quantitative estimate of drug-likeness (QED) is 0.878. The summed E-state index contributed by atoms with van der Waals surface area (Å²) in [5.41, 5.74) is 0.575. The topological polar surface area (TPSA) is 49.3 Å². The van der Waals surface area contributed by atoms with Crippen molar-refractivity contribution in [3.05, 3.63) is 34.3 Å². The summed E-state index contributed by atoms with van der Waals surface area (Å²) in [7, 11) is 0. The van der Waals surface area contributed by atoms with Crippen molar-refractivity contribution in [2.24, 2.45) is 0 Å². The molecule has 0 heterocycles. The largest absolute Gasteiger partial charge is 0.394 e. The number of hydrogen-bond donors (Lipinski definition) is 2. The minimum absolute atomic E-state index is 0.0375. The van der Waals surface area contributed by atoms with Crippen molar-refractivity contribution in [1.29, 1.82) is 0 Å². The first kappa shape index (κ1) is 15.2. The second-order valence-corrected chi connectivity index (χ2v) is 6.16. The SMILES string of the molecule is CC(CC(=O)NC(C)(C)CO)c1ccc(Br)cc1. The molecule has 1 unspecified atom stereocenters. The number of aliphatic hydroxyl groups is 1. The van der Waals surface area contributed by atoms with Crippen LogP contribution in [0.2, 0.25) is 0 Å². The maximum absolute atomic E-state index is 11.8. The number of rotatable bonds is 5. The Hall–Kier alpha value is -0.870. The third-order valence-electron chi connectivity index (χ3n) is 2.80. The highest BCUT2D eigenvalue weighted by Gasteiger charge is 2.20. The van der Waals surface area contributed by atoms with Crippen molar-refractivity contribution in [2.45, 2.75) is 38.6 Å². The zero-order valence-corrected chi connectivity index (χ0v) is 12.6. The number of halogens is 1. The molecule has 0 aliphatic carbocycles. The van der Waals surface area contributed by atoms with Gasteiger partial charge in [-0.15, -0.1) is 0 Å². The average molecular weight is 314 g/mol. The first-order chi connectivity index (χ1) is 8.34. The lowest BCUT2D eigenvalue weighted by molar-refractivity contribution is -0.123. The predicted molar refractivity (Wildman–Crippen MR) is 76.5 cm³/mol. The number of carbonyl (C=O) groups excluding carboxylic acids is 1. The summed E-state index contributed by atoms with van der Waals surface area (Å²) in [6.45, 7) is 5.56. The molecule has 4 heteroatoms. The van der Waals surface area contributed by atoms with Crippen molar-refractivity contribution < 1.29 is 9.90 Å². The fraction of sp³-hybridized carbons (Fsp3) is 0.500. The van der Waals surface area contributed by atoms with Crippen LogP contribution >= 0.6 is 15.9 Å². The Labute approximate surface area is 117 Å². The van der Waals surface area contributed by atoms with E-state index in [4.69, 9.17) is 5.11 Å². The van der Waals surface area contributed by atoms with Gasteiger partial charge in [-0.2, -0.15) is 0 Å². The number of nitrogens with one attached hydrogen (secondary N) is 1. The van der Waals surface area contributed by atoms with E-state index in [0.717, 1.165) is 10.0 Å². The molecule has 1 aromatic rings. The Morgan fingerprint density at radius 3 is 2.44 bits per heavy atom. The standard InChI is InChI=1S/C14H20BrNO2/c1-10(11-4-6-12(15)7-5-11)8-13(18)16-14(2,3)9-17/h4-7,10,17H,8-9H2,1-3H3,(H,16,18). The Morgan fingerprint density at radius 1 is 1.39 bits per heavy atom. The van der Waals surface area contributed by atoms with E-state index in [1.165, 1.54) is 0 Å². The second-order valence-electron chi connectivity index (χ2n) is 5.25. The summed E-state index contributed by atoms with van der Waals surface area (Å²) in [6.07, 6.45) is 0.422. The van der Waals surface area contributed by atoms with Crippen LogP contribution < -0.4 is 5.32 Å². The lowest BCUT2D eigenvalue weighted by Gasteiger charge is -2.24. The van der Waals surface area contributed by atoms with E-state index in [2.05, 4.69) is 21.2 Å². The molecule has 3 nitrogen and oxygen atoms in total. The molecule has 100 valence electrons. The third kappa shape index (κ3) is 4.78. The predicted octanol–water partition coefficient (Wildman–Crippen LogP) is 2.83. The molecular formula is C14H20BrNO2. The van der Waals surface area contributed by atoms with Gasteiger partial charge in [-0.05, 0) is 37.5 Å². The summed E-state index contributed by atoms with van der Waals surface area (Å²) in [4.78, 5) is 11.8. The van der Waals surface area contributed by atoms with Gasteiger partial charge in [0.2, 0.25) is 5.91 Å². The molecule has 1 aromatic carbocycles. The number of aliphatic hydroxyl groups excluding tert-OH is 1. The Balaban J connectivity index is 2.57.